The van der Waals surface area contributed by atoms with Crippen molar-refractivity contribution in [3.05, 3.63) is 29.3 Å². The lowest BCUT2D eigenvalue weighted by molar-refractivity contribution is 0.0912. The molecule has 0 fully saturated rings. The number of alkyl halides is 2. The first-order valence-corrected chi connectivity index (χ1v) is 8.35. The largest absolute Gasteiger partial charge is 0.496 e. The summed E-state index contributed by atoms with van der Waals surface area (Å²) in [5.74, 6) is 0.485. The van der Waals surface area contributed by atoms with Gasteiger partial charge in [0, 0.05) is 10.7 Å². The van der Waals surface area contributed by atoms with Crippen molar-refractivity contribution >= 4 is 37.8 Å². The van der Waals surface area contributed by atoms with Crippen molar-refractivity contribution in [3.63, 3.8) is 0 Å². The first kappa shape index (κ1) is 16.5. The molecule has 0 saturated carbocycles. The molecule has 106 valence electrons. The van der Waals surface area contributed by atoms with Crippen molar-refractivity contribution in [2.24, 2.45) is 0 Å². The summed E-state index contributed by atoms with van der Waals surface area (Å²) in [5.41, 5.74) is 1.32. The van der Waals surface area contributed by atoms with Crippen LogP contribution in [-0.4, -0.2) is 29.2 Å². The van der Waals surface area contributed by atoms with Crippen molar-refractivity contribution in [2.75, 3.05) is 17.8 Å². The summed E-state index contributed by atoms with van der Waals surface area (Å²) in [6, 6.07) is 5.59. The van der Waals surface area contributed by atoms with Gasteiger partial charge in [-0.05, 0) is 25.5 Å². The van der Waals surface area contributed by atoms with Gasteiger partial charge in [-0.25, -0.2) is 0 Å². The Balaban J connectivity index is 3.03. The average Bonchev–Trinajstić information content (AvgIpc) is 2.44. The Hall–Kier alpha value is -0.550. The number of hydrogen-bond donors (Lipinski definition) is 1. The smallest absolute Gasteiger partial charge is 0.255 e. The van der Waals surface area contributed by atoms with E-state index in [1.165, 1.54) is 0 Å². The fourth-order valence-electron chi connectivity index (χ4n) is 1.69. The summed E-state index contributed by atoms with van der Waals surface area (Å²) < 4.78 is 5.25. The molecule has 1 aromatic rings. The van der Waals surface area contributed by atoms with E-state index in [2.05, 4.69) is 44.1 Å². The molecule has 0 aliphatic carbocycles. The second-order valence-electron chi connectivity index (χ2n) is 4.56. The number of halogens is 2. The highest BCUT2D eigenvalue weighted by molar-refractivity contribution is 9.09. The highest BCUT2D eigenvalue weighted by Crippen LogP contribution is 2.22. The number of hydrogen-bond acceptors (Lipinski definition) is 2. The molecule has 1 rings (SSSR count). The highest BCUT2D eigenvalue weighted by Gasteiger charge is 2.29. The molecule has 1 amide bonds. The van der Waals surface area contributed by atoms with Gasteiger partial charge in [-0.2, -0.15) is 0 Å². The second kappa shape index (κ2) is 7.29. The van der Waals surface area contributed by atoms with Gasteiger partial charge in [0.15, 0.2) is 0 Å². The van der Waals surface area contributed by atoms with Crippen LogP contribution in [0.3, 0.4) is 0 Å². The molecule has 0 atom stereocenters. The molecular formula is C14H19Br2NO2. The third-order valence-corrected chi connectivity index (χ3v) is 5.31. The zero-order chi connectivity index (χ0) is 14.5. The number of amides is 1. The Labute approximate surface area is 131 Å². The van der Waals surface area contributed by atoms with E-state index in [1.54, 1.807) is 7.11 Å². The zero-order valence-corrected chi connectivity index (χ0v) is 14.6. The molecule has 5 heteroatoms. The van der Waals surface area contributed by atoms with Crippen molar-refractivity contribution < 1.29 is 9.53 Å². The summed E-state index contributed by atoms with van der Waals surface area (Å²) in [6.45, 7) is 4.01. The maximum atomic E-state index is 12.4. The van der Waals surface area contributed by atoms with Crippen LogP contribution in [0, 0.1) is 6.92 Å². The van der Waals surface area contributed by atoms with Crippen LogP contribution in [0.15, 0.2) is 18.2 Å². The normalized spacial score (nSPS) is 11.2. The summed E-state index contributed by atoms with van der Waals surface area (Å²) in [7, 11) is 1.57. The molecule has 3 nitrogen and oxygen atoms in total. The maximum absolute atomic E-state index is 12.4. The summed E-state index contributed by atoms with van der Waals surface area (Å²) in [4.78, 5) is 12.4. The van der Waals surface area contributed by atoms with Crippen LogP contribution >= 0.6 is 31.9 Å². The molecule has 0 saturated heterocycles. The Morgan fingerprint density at radius 1 is 1.37 bits per heavy atom. The van der Waals surface area contributed by atoms with Crippen molar-refractivity contribution in [2.45, 2.75) is 25.8 Å². The molecule has 0 heterocycles. The van der Waals surface area contributed by atoms with Crippen LogP contribution in [0.4, 0.5) is 0 Å². The molecule has 1 aromatic carbocycles. The SMILES string of the molecule is CCC(CBr)(CBr)NC(=O)c1cc(C)ccc1OC. The molecule has 0 spiro atoms. The van der Waals surface area contributed by atoms with E-state index in [-0.39, 0.29) is 11.4 Å². The molecule has 0 bridgehead atoms. The third kappa shape index (κ3) is 3.96. The quantitative estimate of drug-likeness (QED) is 0.750. The van der Waals surface area contributed by atoms with Crippen LogP contribution in [0.2, 0.25) is 0 Å². The van der Waals surface area contributed by atoms with E-state index in [4.69, 9.17) is 4.74 Å². The van der Waals surface area contributed by atoms with Crippen molar-refractivity contribution in [3.8, 4) is 5.75 Å². The lowest BCUT2D eigenvalue weighted by Gasteiger charge is -2.30. The Kier molecular flexibility index (Phi) is 6.33. The first-order valence-electron chi connectivity index (χ1n) is 6.11. The lowest BCUT2D eigenvalue weighted by atomic mass is 10.0. The lowest BCUT2D eigenvalue weighted by Crippen LogP contribution is -2.51. The van der Waals surface area contributed by atoms with Gasteiger partial charge in [-0.1, -0.05) is 50.4 Å². The van der Waals surface area contributed by atoms with Crippen molar-refractivity contribution in [1.82, 2.24) is 5.32 Å². The minimum Gasteiger partial charge on any atom is -0.496 e. The number of methoxy groups -OCH3 is 1. The van der Waals surface area contributed by atoms with Crippen LogP contribution in [0.25, 0.3) is 0 Å². The topological polar surface area (TPSA) is 38.3 Å². The monoisotopic (exact) mass is 391 g/mol. The molecule has 0 aliphatic heterocycles. The summed E-state index contributed by atoms with van der Waals surface area (Å²) in [6.07, 6.45) is 0.837. The van der Waals surface area contributed by atoms with Gasteiger partial charge >= 0.3 is 0 Å². The van der Waals surface area contributed by atoms with Crippen LogP contribution < -0.4 is 10.1 Å². The Morgan fingerprint density at radius 3 is 2.47 bits per heavy atom. The van der Waals surface area contributed by atoms with E-state index < -0.39 is 0 Å². The number of carbonyl (C=O) groups excluding carboxylic acids is 1. The number of ether oxygens (including phenoxy) is 1. The first-order chi connectivity index (χ1) is 9.01. The average molecular weight is 393 g/mol. The highest BCUT2D eigenvalue weighted by atomic mass is 79.9. The van der Waals surface area contributed by atoms with Gasteiger partial charge in [0.05, 0.1) is 18.2 Å². The van der Waals surface area contributed by atoms with Crippen molar-refractivity contribution in [1.29, 1.82) is 0 Å². The Bertz CT molecular complexity index is 437. The standard InChI is InChI=1S/C14H19Br2NO2/c1-4-14(8-15,9-16)17-13(18)11-7-10(2)5-6-12(11)19-3/h5-7H,4,8-9H2,1-3H3,(H,17,18). The molecule has 0 aromatic heterocycles. The zero-order valence-electron chi connectivity index (χ0n) is 11.4. The number of benzene rings is 1. The van der Waals surface area contributed by atoms with Crippen LogP contribution in [0.5, 0.6) is 5.75 Å². The fourth-order valence-corrected chi connectivity index (χ4v) is 3.69. The van der Waals surface area contributed by atoms with E-state index in [1.807, 2.05) is 25.1 Å². The second-order valence-corrected chi connectivity index (χ2v) is 5.68. The van der Waals surface area contributed by atoms with Gasteiger partial charge in [0.2, 0.25) is 0 Å². The molecule has 0 unspecified atom stereocenters. The number of aryl methyl sites for hydroxylation is 1. The predicted octanol–water partition coefficient (Wildman–Crippen LogP) is 3.67. The minimum atomic E-state index is -0.286. The molecule has 0 radical (unpaired) electrons. The van der Waals surface area contributed by atoms with Gasteiger partial charge in [0.1, 0.15) is 5.75 Å². The minimum absolute atomic E-state index is 0.110. The van der Waals surface area contributed by atoms with E-state index in [0.717, 1.165) is 12.0 Å². The summed E-state index contributed by atoms with van der Waals surface area (Å²) in [5, 5.41) is 4.48. The fraction of sp³-hybridized carbons (Fsp3) is 0.500. The van der Waals surface area contributed by atoms with Crippen LogP contribution in [0.1, 0.15) is 29.3 Å². The van der Waals surface area contributed by atoms with Gasteiger partial charge < -0.3 is 10.1 Å². The van der Waals surface area contributed by atoms with Gasteiger partial charge in [-0.15, -0.1) is 0 Å². The predicted molar refractivity (Wildman–Crippen MR) is 85.8 cm³/mol. The third-order valence-electron chi connectivity index (χ3n) is 3.17. The number of nitrogens with one attached hydrogen (secondary N) is 1. The number of rotatable bonds is 6. The molecule has 0 aliphatic rings. The van der Waals surface area contributed by atoms with Gasteiger partial charge in [0.25, 0.3) is 5.91 Å². The number of carbonyl (C=O) groups is 1. The molecule has 1 N–H and O–H groups in total. The van der Waals surface area contributed by atoms with E-state index in [0.29, 0.717) is 22.0 Å². The maximum Gasteiger partial charge on any atom is 0.255 e. The summed E-state index contributed by atoms with van der Waals surface area (Å²) >= 11 is 6.94. The van der Waals surface area contributed by atoms with Crippen LogP contribution in [-0.2, 0) is 0 Å². The van der Waals surface area contributed by atoms with Gasteiger partial charge in [-0.3, -0.25) is 4.79 Å². The van der Waals surface area contributed by atoms with E-state index >= 15 is 0 Å². The Morgan fingerprint density at radius 2 is 2.00 bits per heavy atom. The molecule has 19 heavy (non-hydrogen) atoms. The molecular weight excluding hydrogens is 374 g/mol. The van der Waals surface area contributed by atoms with E-state index in [9.17, 15) is 4.79 Å².